The van der Waals surface area contributed by atoms with Crippen molar-refractivity contribution in [1.29, 1.82) is 0 Å². The van der Waals surface area contributed by atoms with Crippen LogP contribution in [-0.2, 0) is 37.5 Å². The zero-order valence-corrected chi connectivity index (χ0v) is 21.2. The number of thiophene rings is 2. The number of primary amides is 1. The Morgan fingerprint density at radius 3 is 2.85 bits per heavy atom. The minimum absolute atomic E-state index is 0.174. The number of nitrogens with zero attached hydrogens (tertiary/aromatic N) is 3. The molecular weight excluding hydrogens is 474 g/mol. The van der Waals surface area contributed by atoms with Crippen molar-refractivity contribution < 1.29 is 9.59 Å². The van der Waals surface area contributed by atoms with E-state index in [-0.39, 0.29) is 11.7 Å². The number of anilines is 1. The molecule has 2 amide bonds. The Hall–Kier alpha value is -2.17. The van der Waals surface area contributed by atoms with E-state index in [1.807, 2.05) is 23.0 Å². The van der Waals surface area contributed by atoms with Gasteiger partial charge in [-0.2, -0.15) is 0 Å². The third-order valence-electron chi connectivity index (χ3n) is 6.48. The van der Waals surface area contributed by atoms with Gasteiger partial charge < -0.3 is 15.6 Å². The predicted octanol–water partition coefficient (Wildman–Crippen LogP) is 4.44. The summed E-state index contributed by atoms with van der Waals surface area (Å²) in [5.41, 5.74) is 9.75. The summed E-state index contributed by atoms with van der Waals surface area (Å²) >= 11 is 4.65. The highest BCUT2D eigenvalue weighted by Crippen LogP contribution is 2.40. The number of hydrogen-bond acceptors (Lipinski definition) is 7. The second kappa shape index (κ2) is 9.23. The van der Waals surface area contributed by atoms with Gasteiger partial charge >= 0.3 is 0 Å². The van der Waals surface area contributed by atoms with Crippen molar-refractivity contribution >= 4 is 51.3 Å². The third-order valence-corrected chi connectivity index (χ3v) is 9.76. The van der Waals surface area contributed by atoms with Gasteiger partial charge in [-0.3, -0.25) is 9.59 Å². The first-order valence-corrected chi connectivity index (χ1v) is 14.0. The van der Waals surface area contributed by atoms with E-state index >= 15 is 0 Å². The number of aromatic nitrogens is 3. The molecule has 2 aliphatic carbocycles. The molecule has 3 aromatic rings. The Morgan fingerprint density at radius 1 is 1.21 bits per heavy atom. The molecular formula is C23H27N5O2S3. The zero-order valence-electron chi connectivity index (χ0n) is 18.8. The number of nitrogens with two attached hydrogens (primary N) is 1. The summed E-state index contributed by atoms with van der Waals surface area (Å²) in [5.74, 6) is 0.974. The van der Waals surface area contributed by atoms with Gasteiger partial charge in [0.2, 0.25) is 5.91 Å². The molecule has 1 atom stereocenters. The second-order valence-electron chi connectivity index (χ2n) is 8.88. The summed E-state index contributed by atoms with van der Waals surface area (Å²) in [6.45, 7) is 2.21. The van der Waals surface area contributed by atoms with Crippen molar-refractivity contribution in [3.05, 3.63) is 31.8 Å². The second-order valence-corrected chi connectivity index (χ2v) is 11.9. The van der Waals surface area contributed by atoms with Crippen molar-refractivity contribution in [3.8, 4) is 11.4 Å². The van der Waals surface area contributed by atoms with E-state index in [4.69, 9.17) is 5.73 Å². The van der Waals surface area contributed by atoms with Crippen molar-refractivity contribution in [1.82, 2.24) is 14.8 Å². The van der Waals surface area contributed by atoms with Crippen LogP contribution in [0.2, 0.25) is 0 Å². The topological polar surface area (TPSA) is 103 Å². The minimum Gasteiger partial charge on any atom is -0.365 e. The van der Waals surface area contributed by atoms with E-state index < -0.39 is 5.91 Å². The fourth-order valence-corrected chi connectivity index (χ4v) is 8.02. The molecule has 174 valence electrons. The summed E-state index contributed by atoms with van der Waals surface area (Å²) in [7, 11) is 1.95. The number of carbonyl (C=O) groups is 2. The molecule has 2 aliphatic rings. The number of thioether (sulfide) groups is 1. The van der Waals surface area contributed by atoms with Crippen molar-refractivity contribution in [2.24, 2.45) is 18.7 Å². The molecule has 10 heteroatoms. The van der Waals surface area contributed by atoms with E-state index in [1.165, 1.54) is 56.8 Å². The molecule has 1 unspecified atom stereocenters. The molecule has 0 aromatic carbocycles. The van der Waals surface area contributed by atoms with E-state index in [0.29, 0.717) is 21.6 Å². The molecule has 0 aliphatic heterocycles. The van der Waals surface area contributed by atoms with Gasteiger partial charge in [-0.25, -0.2) is 0 Å². The Bertz CT molecular complexity index is 1230. The number of hydrogen-bond donors (Lipinski definition) is 2. The molecule has 5 rings (SSSR count). The van der Waals surface area contributed by atoms with Crippen molar-refractivity contribution in [2.75, 3.05) is 11.1 Å². The average molecular weight is 502 g/mol. The Labute approximate surface area is 205 Å². The minimum atomic E-state index is -0.470. The standard InChI is InChI=1S/C23H27N5O2S3/c1-12-7-8-14-17(9-12)33-22(19(14)20(24)30)25-18(29)11-32-23-27-26-21(28(23)2)15-10-31-16-6-4-3-5-13(15)16/h10,12H,3-9,11H2,1-2H3,(H2,24,30)(H,25,29). The number of fused-ring (bicyclic) bond motifs is 2. The van der Waals surface area contributed by atoms with Gasteiger partial charge in [0.25, 0.3) is 5.91 Å². The Balaban J connectivity index is 1.28. The lowest BCUT2D eigenvalue weighted by Gasteiger charge is -2.18. The number of rotatable bonds is 6. The summed E-state index contributed by atoms with van der Waals surface area (Å²) in [6.07, 6.45) is 7.52. The summed E-state index contributed by atoms with van der Waals surface area (Å²) < 4.78 is 1.97. The van der Waals surface area contributed by atoms with Gasteiger partial charge in [0.05, 0.1) is 11.3 Å². The van der Waals surface area contributed by atoms with Crippen LogP contribution in [0.3, 0.4) is 0 Å². The lowest BCUT2D eigenvalue weighted by Crippen LogP contribution is -2.20. The van der Waals surface area contributed by atoms with Gasteiger partial charge in [0.1, 0.15) is 5.00 Å². The quantitative estimate of drug-likeness (QED) is 0.486. The molecule has 3 N–H and O–H groups in total. The van der Waals surface area contributed by atoms with Gasteiger partial charge in [-0.05, 0) is 62.0 Å². The highest BCUT2D eigenvalue weighted by atomic mass is 32.2. The van der Waals surface area contributed by atoms with E-state index in [9.17, 15) is 9.59 Å². The average Bonchev–Trinajstić information content (AvgIpc) is 3.46. The van der Waals surface area contributed by atoms with E-state index in [0.717, 1.165) is 43.5 Å². The summed E-state index contributed by atoms with van der Waals surface area (Å²) in [4.78, 5) is 27.5. The lowest BCUT2D eigenvalue weighted by atomic mass is 9.88. The normalized spacial score (nSPS) is 17.5. The van der Waals surface area contributed by atoms with Crippen LogP contribution in [0.1, 0.15) is 57.4 Å². The summed E-state index contributed by atoms with van der Waals surface area (Å²) in [5, 5.41) is 15.2. The molecule has 0 spiro atoms. The van der Waals surface area contributed by atoms with Crippen LogP contribution < -0.4 is 11.1 Å². The maximum Gasteiger partial charge on any atom is 0.251 e. The van der Waals surface area contributed by atoms with Crippen LogP contribution in [0.5, 0.6) is 0 Å². The van der Waals surface area contributed by atoms with Crippen LogP contribution in [0, 0.1) is 5.92 Å². The number of aryl methyl sites for hydroxylation is 1. The van der Waals surface area contributed by atoms with Crippen LogP contribution in [-0.4, -0.2) is 32.3 Å². The zero-order chi connectivity index (χ0) is 23.1. The SMILES string of the molecule is CC1CCc2c(sc(NC(=O)CSc3nnc(-c4csc5c4CCCC5)n3C)c2C(N)=O)C1. The number of carbonyl (C=O) groups excluding carboxylic acids is 2. The molecule has 0 saturated heterocycles. The maximum atomic E-state index is 12.7. The van der Waals surface area contributed by atoms with E-state index in [1.54, 1.807) is 0 Å². The van der Waals surface area contributed by atoms with Gasteiger partial charge in [-0.15, -0.1) is 32.9 Å². The smallest absolute Gasteiger partial charge is 0.251 e. The van der Waals surface area contributed by atoms with Crippen molar-refractivity contribution in [2.45, 2.75) is 57.0 Å². The first kappa shape index (κ1) is 22.6. The molecule has 0 radical (unpaired) electrons. The fraction of sp³-hybridized carbons (Fsp3) is 0.478. The number of amides is 2. The number of nitrogens with one attached hydrogen (secondary N) is 1. The molecule has 0 saturated carbocycles. The monoisotopic (exact) mass is 501 g/mol. The highest BCUT2D eigenvalue weighted by molar-refractivity contribution is 7.99. The predicted molar refractivity (Wildman–Crippen MR) is 134 cm³/mol. The molecule has 0 bridgehead atoms. The molecule has 3 aromatic heterocycles. The molecule has 33 heavy (non-hydrogen) atoms. The first-order valence-electron chi connectivity index (χ1n) is 11.3. The van der Waals surface area contributed by atoms with Crippen LogP contribution >= 0.6 is 34.4 Å². The first-order chi connectivity index (χ1) is 15.9. The lowest BCUT2D eigenvalue weighted by molar-refractivity contribution is -0.113. The van der Waals surface area contributed by atoms with Crippen LogP contribution in [0.15, 0.2) is 10.5 Å². The summed E-state index contributed by atoms with van der Waals surface area (Å²) in [6, 6.07) is 0. The molecule has 7 nitrogen and oxygen atoms in total. The fourth-order valence-electron chi connectivity index (χ4n) is 4.75. The Morgan fingerprint density at radius 2 is 2.03 bits per heavy atom. The molecule has 0 fully saturated rings. The van der Waals surface area contributed by atoms with Gasteiger partial charge in [0, 0.05) is 27.7 Å². The third kappa shape index (κ3) is 4.36. The maximum absolute atomic E-state index is 12.7. The molecule has 3 heterocycles. The van der Waals surface area contributed by atoms with Crippen LogP contribution in [0.4, 0.5) is 5.00 Å². The van der Waals surface area contributed by atoms with E-state index in [2.05, 4.69) is 27.8 Å². The van der Waals surface area contributed by atoms with Gasteiger partial charge in [-0.1, -0.05) is 18.7 Å². The highest BCUT2D eigenvalue weighted by Gasteiger charge is 2.27. The van der Waals surface area contributed by atoms with Gasteiger partial charge in [0.15, 0.2) is 11.0 Å². The largest absolute Gasteiger partial charge is 0.365 e. The Kier molecular flexibility index (Phi) is 6.32. The van der Waals surface area contributed by atoms with Crippen molar-refractivity contribution in [3.63, 3.8) is 0 Å². The van der Waals surface area contributed by atoms with Crippen LogP contribution in [0.25, 0.3) is 11.4 Å².